The van der Waals surface area contributed by atoms with Crippen molar-refractivity contribution in [1.82, 2.24) is 14.9 Å². The molecule has 1 aromatic carbocycles. The van der Waals surface area contributed by atoms with E-state index in [4.69, 9.17) is 16.6 Å². The van der Waals surface area contributed by atoms with Crippen molar-refractivity contribution >= 4 is 22.6 Å². The molecule has 2 aromatic rings. The number of imidazole rings is 1. The van der Waals surface area contributed by atoms with Crippen LogP contribution in [0.15, 0.2) is 18.2 Å². The zero-order valence-electron chi connectivity index (χ0n) is 10.8. The molecule has 4 heteroatoms. The average Bonchev–Trinajstić information content (AvgIpc) is 2.93. The fourth-order valence-electron chi connectivity index (χ4n) is 2.93. The molecule has 1 aromatic heterocycles. The molecule has 0 bridgehead atoms. The SMILES string of the molecule is CCn1c(C2(C)CCCN2)nc2cc(Cl)ccc21. The number of aryl methyl sites for hydroxylation is 1. The number of nitrogens with one attached hydrogen (secondary N) is 1. The molecule has 1 unspecified atom stereocenters. The lowest BCUT2D eigenvalue weighted by Crippen LogP contribution is -2.36. The first-order valence-electron chi connectivity index (χ1n) is 6.55. The highest BCUT2D eigenvalue weighted by atomic mass is 35.5. The zero-order valence-corrected chi connectivity index (χ0v) is 11.6. The second kappa shape index (κ2) is 4.25. The van der Waals surface area contributed by atoms with Crippen molar-refractivity contribution in [3.8, 4) is 0 Å². The Hall–Kier alpha value is -1.06. The van der Waals surface area contributed by atoms with Crippen molar-refractivity contribution in [1.29, 1.82) is 0 Å². The number of hydrogen-bond donors (Lipinski definition) is 1. The molecule has 1 saturated heterocycles. The van der Waals surface area contributed by atoms with Gasteiger partial charge in [0.2, 0.25) is 0 Å². The molecule has 1 aliphatic rings. The van der Waals surface area contributed by atoms with E-state index < -0.39 is 0 Å². The van der Waals surface area contributed by atoms with Crippen LogP contribution in [0.5, 0.6) is 0 Å². The van der Waals surface area contributed by atoms with Crippen LogP contribution in [0.4, 0.5) is 0 Å². The average molecular weight is 264 g/mol. The number of aromatic nitrogens is 2. The molecule has 0 saturated carbocycles. The van der Waals surface area contributed by atoms with E-state index in [0.717, 1.165) is 35.9 Å². The van der Waals surface area contributed by atoms with Gasteiger partial charge in [-0.2, -0.15) is 0 Å². The summed E-state index contributed by atoms with van der Waals surface area (Å²) in [5.74, 6) is 1.14. The molecule has 1 atom stereocenters. The van der Waals surface area contributed by atoms with Gasteiger partial charge in [0.25, 0.3) is 0 Å². The van der Waals surface area contributed by atoms with E-state index in [1.54, 1.807) is 0 Å². The highest BCUT2D eigenvalue weighted by molar-refractivity contribution is 6.31. The molecular formula is C14H18ClN3. The number of rotatable bonds is 2. The predicted molar refractivity (Wildman–Crippen MR) is 75.0 cm³/mol. The number of hydrogen-bond acceptors (Lipinski definition) is 2. The summed E-state index contributed by atoms with van der Waals surface area (Å²) in [5, 5.41) is 4.33. The molecule has 0 spiro atoms. The van der Waals surface area contributed by atoms with E-state index in [2.05, 4.69) is 29.8 Å². The minimum Gasteiger partial charge on any atom is -0.327 e. The van der Waals surface area contributed by atoms with Gasteiger partial charge in [-0.15, -0.1) is 0 Å². The van der Waals surface area contributed by atoms with Gasteiger partial charge in [0.15, 0.2) is 0 Å². The fraction of sp³-hybridized carbons (Fsp3) is 0.500. The minimum absolute atomic E-state index is 0.00149. The summed E-state index contributed by atoms with van der Waals surface area (Å²) in [5.41, 5.74) is 2.17. The second-order valence-corrected chi connectivity index (χ2v) is 5.61. The second-order valence-electron chi connectivity index (χ2n) is 5.18. The standard InChI is InChI=1S/C14H18ClN3/c1-3-18-12-6-5-10(15)9-11(12)17-13(18)14(2)7-4-8-16-14/h5-6,9,16H,3-4,7-8H2,1-2H3. The highest BCUT2D eigenvalue weighted by Crippen LogP contribution is 2.32. The molecule has 0 radical (unpaired) electrons. The van der Waals surface area contributed by atoms with Crippen LogP contribution < -0.4 is 5.32 Å². The van der Waals surface area contributed by atoms with E-state index in [-0.39, 0.29) is 5.54 Å². The van der Waals surface area contributed by atoms with E-state index in [0.29, 0.717) is 0 Å². The van der Waals surface area contributed by atoms with E-state index in [1.165, 1.54) is 11.9 Å². The lowest BCUT2D eigenvalue weighted by molar-refractivity contribution is 0.391. The van der Waals surface area contributed by atoms with Crippen LogP contribution in [-0.2, 0) is 12.1 Å². The maximum atomic E-state index is 6.05. The van der Waals surface area contributed by atoms with Crippen LogP contribution in [-0.4, -0.2) is 16.1 Å². The lowest BCUT2D eigenvalue weighted by Gasteiger charge is -2.24. The summed E-state index contributed by atoms with van der Waals surface area (Å²) in [6.07, 6.45) is 2.36. The normalized spacial score (nSPS) is 23.9. The number of nitrogens with zero attached hydrogens (tertiary/aromatic N) is 2. The van der Waals surface area contributed by atoms with Gasteiger partial charge in [-0.05, 0) is 51.4 Å². The van der Waals surface area contributed by atoms with E-state index >= 15 is 0 Å². The highest BCUT2D eigenvalue weighted by Gasteiger charge is 2.34. The molecule has 0 amide bonds. The first-order valence-corrected chi connectivity index (χ1v) is 6.93. The van der Waals surface area contributed by atoms with Crippen LogP contribution in [0.25, 0.3) is 11.0 Å². The lowest BCUT2D eigenvalue weighted by atomic mass is 9.99. The van der Waals surface area contributed by atoms with E-state index in [9.17, 15) is 0 Å². The number of benzene rings is 1. The molecule has 3 rings (SSSR count). The fourth-order valence-corrected chi connectivity index (χ4v) is 3.10. The topological polar surface area (TPSA) is 29.9 Å². The first-order chi connectivity index (χ1) is 8.64. The van der Waals surface area contributed by atoms with Crippen molar-refractivity contribution < 1.29 is 0 Å². The third kappa shape index (κ3) is 1.73. The summed E-state index contributed by atoms with van der Waals surface area (Å²) in [4.78, 5) is 4.81. The summed E-state index contributed by atoms with van der Waals surface area (Å²) >= 11 is 6.05. The van der Waals surface area contributed by atoms with Crippen molar-refractivity contribution in [3.05, 3.63) is 29.0 Å². The Morgan fingerprint density at radius 1 is 1.50 bits per heavy atom. The largest absolute Gasteiger partial charge is 0.327 e. The monoisotopic (exact) mass is 263 g/mol. The quantitative estimate of drug-likeness (QED) is 0.901. The first kappa shape index (κ1) is 12.0. The third-order valence-electron chi connectivity index (χ3n) is 3.89. The summed E-state index contributed by atoms with van der Waals surface area (Å²) in [6.45, 7) is 6.42. The maximum Gasteiger partial charge on any atom is 0.129 e. The summed E-state index contributed by atoms with van der Waals surface area (Å²) in [6, 6.07) is 5.95. The minimum atomic E-state index is 0.00149. The van der Waals surface area contributed by atoms with E-state index in [1.807, 2.05) is 12.1 Å². The molecule has 3 nitrogen and oxygen atoms in total. The van der Waals surface area contributed by atoms with Crippen LogP contribution in [0, 0.1) is 0 Å². The smallest absolute Gasteiger partial charge is 0.129 e. The van der Waals surface area contributed by atoms with Crippen molar-refractivity contribution in [2.45, 2.75) is 38.8 Å². The molecular weight excluding hydrogens is 246 g/mol. The summed E-state index contributed by atoms with van der Waals surface area (Å²) in [7, 11) is 0. The molecule has 0 aliphatic carbocycles. The molecule has 1 N–H and O–H groups in total. The Kier molecular flexibility index (Phi) is 2.83. The zero-order chi connectivity index (χ0) is 12.8. The Labute approximate surface area is 112 Å². The van der Waals surface area contributed by atoms with Gasteiger partial charge in [-0.1, -0.05) is 11.6 Å². The Morgan fingerprint density at radius 2 is 2.33 bits per heavy atom. The third-order valence-corrected chi connectivity index (χ3v) is 4.12. The van der Waals surface area contributed by atoms with Gasteiger partial charge >= 0.3 is 0 Å². The van der Waals surface area contributed by atoms with Gasteiger partial charge in [-0.3, -0.25) is 0 Å². The molecule has 18 heavy (non-hydrogen) atoms. The number of halogens is 1. The molecule has 96 valence electrons. The van der Waals surface area contributed by atoms with Crippen molar-refractivity contribution in [3.63, 3.8) is 0 Å². The maximum absolute atomic E-state index is 6.05. The van der Waals surface area contributed by atoms with Crippen molar-refractivity contribution in [2.24, 2.45) is 0 Å². The van der Waals surface area contributed by atoms with Gasteiger partial charge in [0.1, 0.15) is 5.82 Å². The molecule has 1 aliphatic heterocycles. The van der Waals surface area contributed by atoms with Crippen LogP contribution in [0.1, 0.15) is 32.5 Å². The summed E-state index contributed by atoms with van der Waals surface area (Å²) < 4.78 is 2.30. The van der Waals surface area contributed by atoms with Crippen LogP contribution in [0.2, 0.25) is 5.02 Å². The predicted octanol–water partition coefficient (Wildman–Crippen LogP) is 3.31. The van der Waals surface area contributed by atoms with Crippen LogP contribution in [0.3, 0.4) is 0 Å². The van der Waals surface area contributed by atoms with Gasteiger partial charge in [0.05, 0.1) is 16.6 Å². The Bertz CT molecular complexity index is 582. The molecule has 2 heterocycles. The van der Waals surface area contributed by atoms with Crippen molar-refractivity contribution in [2.75, 3.05) is 6.54 Å². The number of fused-ring (bicyclic) bond motifs is 1. The van der Waals surface area contributed by atoms with Crippen LogP contribution >= 0.6 is 11.6 Å². The Morgan fingerprint density at radius 3 is 3.00 bits per heavy atom. The van der Waals surface area contributed by atoms with Gasteiger partial charge < -0.3 is 9.88 Å². The molecule has 1 fully saturated rings. The Balaban J connectivity index is 2.22. The van der Waals surface area contributed by atoms with Gasteiger partial charge in [-0.25, -0.2) is 4.98 Å². The van der Waals surface area contributed by atoms with Gasteiger partial charge in [0, 0.05) is 11.6 Å².